The van der Waals surface area contributed by atoms with Gasteiger partial charge in [0.1, 0.15) is 5.69 Å². The molecule has 3 heterocycles. The lowest BCUT2D eigenvalue weighted by molar-refractivity contribution is 0.0707. The molecule has 0 atom stereocenters. The molecule has 7 nitrogen and oxygen atoms in total. The quantitative estimate of drug-likeness (QED) is 0.907. The van der Waals surface area contributed by atoms with Crippen molar-refractivity contribution in [2.75, 3.05) is 25.0 Å². The predicted molar refractivity (Wildman–Crippen MR) is 91.9 cm³/mol. The number of piperidine rings is 1. The van der Waals surface area contributed by atoms with Crippen molar-refractivity contribution >= 4 is 11.7 Å². The summed E-state index contributed by atoms with van der Waals surface area (Å²) in [6.45, 7) is 3.59. The number of nitrogens with zero attached hydrogens (tertiary/aromatic N) is 5. The average molecular weight is 328 g/mol. The van der Waals surface area contributed by atoms with Gasteiger partial charge in [0.15, 0.2) is 5.82 Å². The number of anilines is 1. The van der Waals surface area contributed by atoms with Crippen LogP contribution in [0.2, 0.25) is 0 Å². The van der Waals surface area contributed by atoms with Gasteiger partial charge < -0.3 is 9.80 Å². The van der Waals surface area contributed by atoms with Crippen LogP contribution in [0, 0.1) is 0 Å². The monoisotopic (exact) mass is 328 g/mol. The number of hydrogen-bond donors (Lipinski definition) is 1. The van der Waals surface area contributed by atoms with Gasteiger partial charge >= 0.3 is 0 Å². The molecule has 0 bridgehead atoms. The van der Waals surface area contributed by atoms with E-state index in [0.717, 1.165) is 50.3 Å². The summed E-state index contributed by atoms with van der Waals surface area (Å²) in [5.74, 6) is 0.896. The minimum absolute atomic E-state index is 0.0224. The van der Waals surface area contributed by atoms with Gasteiger partial charge in [-0.1, -0.05) is 13.3 Å². The van der Waals surface area contributed by atoms with Crippen LogP contribution in [0.5, 0.6) is 0 Å². The summed E-state index contributed by atoms with van der Waals surface area (Å²) in [5, 5.41) is 15.2. The first kappa shape index (κ1) is 16.4. The maximum atomic E-state index is 12.6. The van der Waals surface area contributed by atoms with Gasteiger partial charge in [-0.25, -0.2) is 0 Å². The molecule has 0 aromatic carbocycles. The molecule has 0 radical (unpaired) electrons. The van der Waals surface area contributed by atoms with Crippen LogP contribution >= 0.6 is 0 Å². The van der Waals surface area contributed by atoms with Crippen LogP contribution in [0.4, 0.5) is 5.82 Å². The summed E-state index contributed by atoms with van der Waals surface area (Å²) in [7, 11) is 2.04. The van der Waals surface area contributed by atoms with E-state index in [1.807, 2.05) is 30.1 Å². The minimum atomic E-state index is 0.0224. The average Bonchev–Trinajstić information content (AvgIpc) is 3.10. The predicted octanol–water partition coefficient (Wildman–Crippen LogP) is 1.89. The second-order valence-electron chi connectivity index (χ2n) is 6.24. The fourth-order valence-corrected chi connectivity index (χ4v) is 3.16. The van der Waals surface area contributed by atoms with E-state index in [2.05, 4.69) is 32.2 Å². The number of H-pyrrole nitrogens is 1. The first-order valence-corrected chi connectivity index (χ1v) is 8.53. The van der Waals surface area contributed by atoms with Gasteiger partial charge in [-0.3, -0.25) is 9.89 Å². The third-order valence-electron chi connectivity index (χ3n) is 4.59. The van der Waals surface area contributed by atoms with Crippen molar-refractivity contribution in [3.05, 3.63) is 35.8 Å². The molecule has 1 amide bonds. The van der Waals surface area contributed by atoms with Crippen LogP contribution in [0.1, 0.15) is 42.4 Å². The lowest BCUT2D eigenvalue weighted by Gasteiger charge is -2.36. The summed E-state index contributed by atoms with van der Waals surface area (Å²) in [4.78, 5) is 16.6. The van der Waals surface area contributed by atoms with Crippen molar-refractivity contribution in [2.45, 2.75) is 38.6 Å². The van der Waals surface area contributed by atoms with Crippen molar-refractivity contribution < 1.29 is 4.79 Å². The van der Waals surface area contributed by atoms with Gasteiger partial charge in [0, 0.05) is 38.1 Å². The van der Waals surface area contributed by atoms with E-state index in [1.165, 1.54) is 0 Å². The van der Waals surface area contributed by atoms with E-state index >= 15 is 0 Å². The van der Waals surface area contributed by atoms with Crippen molar-refractivity contribution in [2.24, 2.45) is 0 Å². The highest BCUT2D eigenvalue weighted by Gasteiger charge is 2.27. The standard InChI is InChI=1S/C17H24N6O/c1-3-5-13-12-15(20-19-13)17(24)23-10-7-14(8-11-23)22(2)16-6-4-9-18-21-16/h4,6,9,12,14H,3,5,7-8,10-11H2,1-2H3,(H,19,20). The number of hydrogen-bond acceptors (Lipinski definition) is 5. The highest BCUT2D eigenvalue weighted by Crippen LogP contribution is 2.21. The van der Waals surface area contributed by atoms with Gasteiger partial charge in [-0.15, -0.1) is 5.10 Å². The molecule has 1 aliphatic rings. The number of nitrogens with one attached hydrogen (secondary N) is 1. The summed E-state index contributed by atoms with van der Waals surface area (Å²) >= 11 is 0. The van der Waals surface area contributed by atoms with Crippen molar-refractivity contribution in [1.29, 1.82) is 0 Å². The van der Waals surface area contributed by atoms with E-state index in [4.69, 9.17) is 0 Å². The normalized spacial score (nSPS) is 15.5. The molecule has 24 heavy (non-hydrogen) atoms. The maximum absolute atomic E-state index is 12.6. The third-order valence-corrected chi connectivity index (χ3v) is 4.59. The Morgan fingerprint density at radius 3 is 2.88 bits per heavy atom. The van der Waals surface area contributed by atoms with E-state index in [9.17, 15) is 4.79 Å². The highest BCUT2D eigenvalue weighted by atomic mass is 16.2. The van der Waals surface area contributed by atoms with E-state index in [-0.39, 0.29) is 5.91 Å². The largest absolute Gasteiger partial charge is 0.355 e. The van der Waals surface area contributed by atoms with Crippen LogP contribution in [-0.4, -0.2) is 57.4 Å². The van der Waals surface area contributed by atoms with Gasteiger partial charge in [0.2, 0.25) is 0 Å². The first-order valence-electron chi connectivity index (χ1n) is 8.53. The number of aromatic amines is 1. The number of aryl methyl sites for hydroxylation is 1. The number of likely N-dealkylation sites (tertiary alicyclic amines) is 1. The summed E-state index contributed by atoms with van der Waals surface area (Å²) < 4.78 is 0. The summed E-state index contributed by atoms with van der Waals surface area (Å²) in [6, 6.07) is 6.11. The number of amides is 1. The van der Waals surface area contributed by atoms with Crippen LogP contribution in [0.15, 0.2) is 24.4 Å². The van der Waals surface area contributed by atoms with E-state index in [0.29, 0.717) is 11.7 Å². The van der Waals surface area contributed by atoms with Crippen LogP contribution in [0.25, 0.3) is 0 Å². The van der Waals surface area contributed by atoms with Crippen molar-refractivity contribution in [1.82, 2.24) is 25.3 Å². The Labute approximate surface area is 142 Å². The zero-order valence-electron chi connectivity index (χ0n) is 14.3. The molecule has 1 N–H and O–H groups in total. The molecule has 3 rings (SSSR count). The SMILES string of the molecule is CCCc1cc(C(=O)N2CCC(N(C)c3cccnn3)CC2)n[nH]1. The second-order valence-corrected chi connectivity index (χ2v) is 6.24. The minimum Gasteiger partial charge on any atom is -0.355 e. The lowest BCUT2D eigenvalue weighted by Crippen LogP contribution is -2.46. The smallest absolute Gasteiger partial charge is 0.274 e. The molecule has 1 fully saturated rings. The molecule has 2 aromatic rings. The Bertz CT molecular complexity index is 663. The number of carbonyl (C=O) groups is 1. The van der Waals surface area contributed by atoms with Crippen LogP contribution < -0.4 is 4.90 Å². The lowest BCUT2D eigenvalue weighted by atomic mass is 10.0. The first-order chi connectivity index (χ1) is 11.7. The molecule has 0 unspecified atom stereocenters. The highest BCUT2D eigenvalue weighted by molar-refractivity contribution is 5.92. The molecule has 1 aliphatic heterocycles. The zero-order chi connectivity index (χ0) is 16.9. The molecule has 0 spiro atoms. The fourth-order valence-electron chi connectivity index (χ4n) is 3.16. The number of aromatic nitrogens is 4. The summed E-state index contributed by atoms with van der Waals surface area (Å²) in [6.07, 6.45) is 5.48. The fraction of sp³-hybridized carbons (Fsp3) is 0.529. The molecular weight excluding hydrogens is 304 g/mol. The number of carbonyl (C=O) groups excluding carboxylic acids is 1. The Balaban J connectivity index is 1.57. The topological polar surface area (TPSA) is 78.0 Å². The molecular formula is C17H24N6O. The van der Waals surface area contributed by atoms with Gasteiger partial charge in [0.05, 0.1) is 0 Å². The van der Waals surface area contributed by atoms with Gasteiger partial charge in [0.25, 0.3) is 5.91 Å². The van der Waals surface area contributed by atoms with Crippen LogP contribution in [0.3, 0.4) is 0 Å². The Kier molecular flexibility index (Phi) is 5.08. The Morgan fingerprint density at radius 1 is 1.42 bits per heavy atom. The molecule has 7 heteroatoms. The van der Waals surface area contributed by atoms with Crippen molar-refractivity contribution in [3.63, 3.8) is 0 Å². The molecule has 2 aromatic heterocycles. The molecule has 1 saturated heterocycles. The second kappa shape index (κ2) is 7.42. The van der Waals surface area contributed by atoms with Crippen molar-refractivity contribution in [3.8, 4) is 0 Å². The van der Waals surface area contributed by atoms with Gasteiger partial charge in [-0.05, 0) is 37.5 Å². The van der Waals surface area contributed by atoms with Gasteiger partial charge in [-0.2, -0.15) is 10.2 Å². The maximum Gasteiger partial charge on any atom is 0.274 e. The molecule has 0 aliphatic carbocycles. The molecule has 128 valence electrons. The third kappa shape index (κ3) is 3.55. The zero-order valence-corrected chi connectivity index (χ0v) is 14.3. The Hall–Kier alpha value is -2.44. The molecule has 0 saturated carbocycles. The Morgan fingerprint density at radius 2 is 2.21 bits per heavy atom. The van der Waals surface area contributed by atoms with Crippen LogP contribution in [-0.2, 0) is 6.42 Å². The summed E-state index contributed by atoms with van der Waals surface area (Å²) in [5.41, 5.74) is 1.55. The number of rotatable bonds is 5. The van der Waals surface area contributed by atoms with E-state index in [1.54, 1.807) is 6.20 Å². The van der Waals surface area contributed by atoms with E-state index < -0.39 is 0 Å².